The minimum atomic E-state index is -4.40. The van der Waals surface area contributed by atoms with Gasteiger partial charge in [0.05, 0.1) is 11.1 Å². The molecule has 0 saturated carbocycles. The predicted molar refractivity (Wildman–Crippen MR) is 91.0 cm³/mol. The number of aromatic nitrogens is 2. The first-order valence-corrected chi connectivity index (χ1v) is 8.22. The van der Waals surface area contributed by atoms with Gasteiger partial charge in [0, 0.05) is 11.1 Å². The van der Waals surface area contributed by atoms with Crippen molar-refractivity contribution >= 4 is 0 Å². The van der Waals surface area contributed by atoms with E-state index in [4.69, 9.17) is 0 Å². The number of nitrogens with zero attached hydrogens (tertiary/aromatic N) is 2. The van der Waals surface area contributed by atoms with Crippen molar-refractivity contribution in [2.75, 3.05) is 0 Å². The maximum absolute atomic E-state index is 12.2. The molecule has 14 heteroatoms. The molecule has 0 N–H and O–H groups in total. The van der Waals surface area contributed by atoms with Crippen molar-refractivity contribution < 1.29 is 44.2 Å². The second kappa shape index (κ2) is 8.56. The number of rotatable bonds is 2. The standard InChI is InChI=1S/2C9H4F3NO3/c2*10-9(11,12)6-3-1-5(2-4-6)7-13-16-8(14)15-7/h2*1-4H. The van der Waals surface area contributed by atoms with Crippen molar-refractivity contribution in [1.29, 1.82) is 0 Å². The molecular weight excluding hydrogens is 454 g/mol. The maximum atomic E-state index is 12.2. The van der Waals surface area contributed by atoms with Crippen LogP contribution in [-0.4, -0.2) is 10.3 Å². The van der Waals surface area contributed by atoms with Crippen molar-refractivity contribution in [2.45, 2.75) is 12.4 Å². The van der Waals surface area contributed by atoms with Crippen LogP contribution in [0.2, 0.25) is 0 Å². The molecule has 4 aromatic rings. The fourth-order valence-electron chi connectivity index (χ4n) is 2.22. The molecule has 0 radical (unpaired) electrons. The van der Waals surface area contributed by atoms with E-state index in [1.54, 1.807) is 0 Å². The van der Waals surface area contributed by atoms with Crippen molar-refractivity contribution in [3.05, 3.63) is 80.9 Å². The van der Waals surface area contributed by atoms with Crippen LogP contribution in [0, 0.1) is 0 Å². The van der Waals surface area contributed by atoms with Crippen LogP contribution in [0.25, 0.3) is 22.9 Å². The lowest BCUT2D eigenvalue weighted by atomic mass is 10.1. The molecule has 168 valence electrons. The Bertz CT molecular complexity index is 1180. The normalized spacial score (nSPS) is 11.7. The Balaban J connectivity index is 0.000000181. The Kier molecular flexibility index (Phi) is 6.04. The average molecular weight is 462 g/mol. The summed E-state index contributed by atoms with van der Waals surface area (Å²) in [5.41, 5.74) is -1.11. The fraction of sp³-hybridized carbons (Fsp3) is 0.111. The van der Waals surface area contributed by atoms with Gasteiger partial charge in [0.2, 0.25) is 0 Å². The van der Waals surface area contributed by atoms with E-state index in [9.17, 15) is 35.9 Å². The van der Waals surface area contributed by atoms with E-state index in [1.807, 2.05) is 0 Å². The van der Waals surface area contributed by atoms with Gasteiger partial charge in [0.15, 0.2) is 0 Å². The predicted octanol–water partition coefficient (Wildman–Crippen LogP) is 4.63. The summed E-state index contributed by atoms with van der Waals surface area (Å²) in [6.45, 7) is 0. The molecule has 8 nitrogen and oxygen atoms in total. The van der Waals surface area contributed by atoms with Crippen molar-refractivity contribution in [3.8, 4) is 22.9 Å². The van der Waals surface area contributed by atoms with Crippen LogP contribution in [0.5, 0.6) is 0 Å². The third kappa shape index (κ3) is 5.53. The molecule has 0 atom stereocenters. The van der Waals surface area contributed by atoms with E-state index in [0.717, 1.165) is 48.5 Å². The van der Waals surface area contributed by atoms with Gasteiger partial charge < -0.3 is 8.83 Å². The van der Waals surface area contributed by atoms with Gasteiger partial charge in [-0.1, -0.05) is 0 Å². The third-order valence-electron chi connectivity index (χ3n) is 3.68. The number of hydrogen-bond donors (Lipinski definition) is 0. The van der Waals surface area contributed by atoms with Crippen LogP contribution in [0.3, 0.4) is 0 Å². The molecule has 0 bridgehead atoms. The summed E-state index contributed by atoms with van der Waals surface area (Å²) in [6.07, 6.45) is -8.80. The maximum Gasteiger partial charge on any atom is 0.542 e. The molecule has 0 spiro atoms. The van der Waals surface area contributed by atoms with Gasteiger partial charge in [-0.3, -0.25) is 9.05 Å². The number of halogens is 6. The highest BCUT2D eigenvalue weighted by Gasteiger charge is 2.31. The van der Waals surface area contributed by atoms with Crippen LogP contribution in [0.15, 0.2) is 76.0 Å². The highest BCUT2D eigenvalue weighted by atomic mass is 19.4. The quantitative estimate of drug-likeness (QED) is 0.397. The summed E-state index contributed by atoms with van der Waals surface area (Å²) in [6, 6.07) is 8.03. The third-order valence-corrected chi connectivity index (χ3v) is 3.68. The Morgan fingerprint density at radius 1 is 0.562 bits per heavy atom. The van der Waals surface area contributed by atoms with Gasteiger partial charge in [0.25, 0.3) is 11.8 Å². The Labute approximate surface area is 171 Å². The smallest absolute Gasteiger partial charge is 0.370 e. The first kappa shape index (κ1) is 22.6. The zero-order chi connectivity index (χ0) is 23.5. The van der Waals surface area contributed by atoms with Crippen LogP contribution >= 0.6 is 0 Å². The highest BCUT2D eigenvalue weighted by Crippen LogP contribution is 2.31. The fourth-order valence-corrected chi connectivity index (χ4v) is 2.22. The van der Waals surface area contributed by atoms with Gasteiger partial charge in [-0.15, -0.1) is 0 Å². The van der Waals surface area contributed by atoms with Crippen LogP contribution in [0.4, 0.5) is 26.3 Å². The Morgan fingerprint density at radius 3 is 1.09 bits per heavy atom. The number of alkyl halides is 6. The largest absolute Gasteiger partial charge is 0.542 e. The first-order valence-electron chi connectivity index (χ1n) is 8.22. The molecule has 2 heterocycles. The summed E-state index contributed by atoms with van der Waals surface area (Å²) in [5, 5.41) is 6.48. The lowest BCUT2D eigenvalue weighted by Gasteiger charge is -2.05. The number of benzene rings is 2. The zero-order valence-corrected chi connectivity index (χ0v) is 15.2. The van der Waals surface area contributed by atoms with Crippen LogP contribution < -0.4 is 11.6 Å². The molecule has 0 aliphatic heterocycles. The Morgan fingerprint density at radius 2 is 0.875 bits per heavy atom. The van der Waals surface area contributed by atoms with Gasteiger partial charge >= 0.3 is 24.0 Å². The highest BCUT2D eigenvalue weighted by molar-refractivity contribution is 5.53. The summed E-state index contributed by atoms with van der Waals surface area (Å²) < 4.78 is 90.5. The second-order valence-electron chi connectivity index (χ2n) is 5.83. The van der Waals surface area contributed by atoms with E-state index in [1.165, 1.54) is 0 Å². The summed E-state index contributed by atoms with van der Waals surface area (Å²) in [5.74, 6) is -2.32. The van der Waals surface area contributed by atoms with E-state index < -0.39 is 35.1 Å². The summed E-state index contributed by atoms with van der Waals surface area (Å²) in [4.78, 5) is 21.0. The van der Waals surface area contributed by atoms with Crippen LogP contribution in [-0.2, 0) is 12.4 Å². The van der Waals surface area contributed by atoms with E-state index in [0.29, 0.717) is 0 Å². The molecule has 32 heavy (non-hydrogen) atoms. The monoisotopic (exact) mass is 462 g/mol. The lowest BCUT2D eigenvalue weighted by molar-refractivity contribution is -0.138. The van der Waals surface area contributed by atoms with Gasteiger partial charge in [-0.05, 0) is 58.8 Å². The topological polar surface area (TPSA) is 112 Å². The number of hydrogen-bond acceptors (Lipinski definition) is 8. The van der Waals surface area contributed by atoms with Crippen molar-refractivity contribution in [3.63, 3.8) is 0 Å². The minimum absolute atomic E-state index is 0.154. The van der Waals surface area contributed by atoms with E-state index in [-0.39, 0.29) is 22.9 Å². The first-order chi connectivity index (χ1) is 14.9. The molecule has 0 saturated heterocycles. The molecule has 2 aromatic heterocycles. The van der Waals surface area contributed by atoms with E-state index >= 15 is 0 Å². The molecule has 2 aromatic carbocycles. The average Bonchev–Trinajstić information content (AvgIpc) is 3.36. The van der Waals surface area contributed by atoms with Gasteiger partial charge in [-0.2, -0.15) is 26.3 Å². The lowest BCUT2D eigenvalue weighted by Crippen LogP contribution is -2.03. The van der Waals surface area contributed by atoms with Crippen LogP contribution in [0.1, 0.15) is 11.1 Å². The summed E-state index contributed by atoms with van der Waals surface area (Å²) in [7, 11) is 0. The SMILES string of the molecule is O=c1onc(-c2ccc(C(F)(F)F)cc2)o1.O=c1onc(-c2ccc(C(F)(F)F)cc2)o1. The molecular formula is C18H8F6N2O6. The molecule has 0 aliphatic carbocycles. The van der Waals surface area contributed by atoms with E-state index in [2.05, 4.69) is 28.2 Å². The zero-order valence-electron chi connectivity index (χ0n) is 15.2. The van der Waals surface area contributed by atoms with Crippen molar-refractivity contribution in [1.82, 2.24) is 10.3 Å². The second-order valence-corrected chi connectivity index (χ2v) is 5.83. The van der Waals surface area contributed by atoms with Gasteiger partial charge in [0.1, 0.15) is 0 Å². The molecule has 0 amide bonds. The Hall–Kier alpha value is -4.10. The molecule has 0 aliphatic rings. The molecule has 4 rings (SSSR count). The molecule has 0 fully saturated rings. The van der Waals surface area contributed by atoms with Crippen molar-refractivity contribution in [2.24, 2.45) is 0 Å². The minimum Gasteiger partial charge on any atom is -0.370 e. The van der Waals surface area contributed by atoms with Gasteiger partial charge in [-0.25, -0.2) is 9.59 Å². The summed E-state index contributed by atoms with van der Waals surface area (Å²) >= 11 is 0. The molecule has 0 unspecified atom stereocenters.